The number of benzene rings is 2. The van der Waals surface area contributed by atoms with Crippen molar-refractivity contribution in [3.8, 4) is 11.1 Å². The van der Waals surface area contributed by atoms with Gasteiger partial charge in [0.2, 0.25) is 0 Å². The molecule has 31 heavy (non-hydrogen) atoms. The largest absolute Gasteiger partial charge is 0.0598 e. The lowest BCUT2D eigenvalue weighted by atomic mass is 9.75. The van der Waals surface area contributed by atoms with Crippen molar-refractivity contribution in [3.05, 3.63) is 63.7 Å². The highest BCUT2D eigenvalue weighted by Crippen LogP contribution is 2.46. The van der Waals surface area contributed by atoms with Crippen LogP contribution in [-0.4, -0.2) is 0 Å². The predicted octanol–water partition coefficient (Wildman–Crippen LogP) is 9.23. The number of hydrogen-bond acceptors (Lipinski definition) is 0. The molecule has 0 nitrogen and oxygen atoms in total. The van der Waals surface area contributed by atoms with Crippen molar-refractivity contribution in [2.75, 3.05) is 0 Å². The fourth-order valence-corrected chi connectivity index (χ4v) is 4.47. The van der Waals surface area contributed by atoms with Gasteiger partial charge >= 0.3 is 0 Å². The number of allylic oxidation sites excluding steroid dienone is 1. The quantitative estimate of drug-likeness (QED) is 0.434. The van der Waals surface area contributed by atoms with Crippen LogP contribution in [0.15, 0.2) is 35.9 Å². The zero-order chi connectivity index (χ0) is 23.6. The van der Waals surface area contributed by atoms with Crippen molar-refractivity contribution in [1.29, 1.82) is 0 Å². The van der Waals surface area contributed by atoms with E-state index in [2.05, 4.69) is 119 Å². The molecule has 1 aliphatic carbocycles. The van der Waals surface area contributed by atoms with Crippen LogP contribution in [0, 0.1) is 5.41 Å². The number of hydrogen-bond donors (Lipinski definition) is 0. The first-order valence-electron chi connectivity index (χ1n) is 11.9. The minimum Gasteiger partial charge on any atom is -0.0598 e. The second-order valence-corrected chi connectivity index (χ2v) is 13.7. The molecule has 0 aromatic heterocycles. The highest BCUT2D eigenvalue weighted by molar-refractivity contribution is 5.85. The summed E-state index contributed by atoms with van der Waals surface area (Å²) in [4.78, 5) is 0. The third-order valence-corrected chi connectivity index (χ3v) is 6.76. The minimum atomic E-state index is 0.0856. The normalized spacial score (nSPS) is 15.2. The Morgan fingerprint density at radius 2 is 1.10 bits per heavy atom. The molecule has 0 N–H and O–H groups in total. The van der Waals surface area contributed by atoms with Crippen molar-refractivity contribution in [1.82, 2.24) is 0 Å². The summed E-state index contributed by atoms with van der Waals surface area (Å²) in [5.74, 6) is 0. The molecule has 168 valence electrons. The molecule has 0 heterocycles. The Kier molecular flexibility index (Phi) is 5.66. The molecule has 0 heteroatoms. The smallest absolute Gasteiger partial charge is 0.00523 e. The SMILES string of the molecule is CC(C)(C)C1=Cc2c(ccc(C(C)(C)C)c2-c2cc(C(C)(C)C)cc(C(C)(C)C)c2)C1. The van der Waals surface area contributed by atoms with Gasteiger partial charge in [-0.1, -0.05) is 125 Å². The van der Waals surface area contributed by atoms with Gasteiger partial charge in [-0.05, 0) is 67.0 Å². The highest BCUT2D eigenvalue weighted by Gasteiger charge is 2.30. The Morgan fingerprint density at radius 3 is 1.52 bits per heavy atom. The molecule has 2 aromatic rings. The summed E-state index contributed by atoms with van der Waals surface area (Å²) in [6, 6.07) is 12.1. The van der Waals surface area contributed by atoms with E-state index in [9.17, 15) is 0 Å². The van der Waals surface area contributed by atoms with Crippen molar-refractivity contribution in [2.24, 2.45) is 5.41 Å². The lowest BCUT2D eigenvalue weighted by molar-refractivity contribution is 0.498. The minimum absolute atomic E-state index is 0.0856. The van der Waals surface area contributed by atoms with E-state index >= 15 is 0 Å². The second-order valence-electron chi connectivity index (χ2n) is 13.7. The lowest BCUT2D eigenvalue weighted by Gasteiger charge is -2.29. The first kappa shape index (κ1) is 23.8. The van der Waals surface area contributed by atoms with Gasteiger partial charge in [0.05, 0.1) is 0 Å². The van der Waals surface area contributed by atoms with Crippen LogP contribution in [0.2, 0.25) is 0 Å². The monoisotopic (exact) mass is 416 g/mol. The van der Waals surface area contributed by atoms with Gasteiger partial charge in [-0.15, -0.1) is 0 Å². The molecule has 3 rings (SSSR count). The van der Waals surface area contributed by atoms with E-state index in [1.54, 1.807) is 0 Å². The van der Waals surface area contributed by atoms with E-state index in [0.29, 0.717) is 0 Å². The standard InChI is InChI=1S/C31H44/c1-28(2,3)22-16-21(17-23(18-22)29(4,5)6)27-25-19-24(30(7,8)9)15-20(25)13-14-26(27)31(10,11)12/h13-14,16-19H,15H2,1-12H3. The van der Waals surface area contributed by atoms with Crippen LogP contribution in [0.4, 0.5) is 0 Å². The Bertz CT molecular complexity index is 984. The zero-order valence-electron chi connectivity index (χ0n) is 22.2. The molecule has 0 bridgehead atoms. The van der Waals surface area contributed by atoms with Crippen molar-refractivity contribution >= 4 is 6.08 Å². The maximum absolute atomic E-state index is 2.50. The molecule has 0 saturated carbocycles. The molecule has 0 spiro atoms. The van der Waals surface area contributed by atoms with E-state index in [1.165, 1.54) is 44.5 Å². The molecule has 0 aliphatic heterocycles. The van der Waals surface area contributed by atoms with Crippen molar-refractivity contribution < 1.29 is 0 Å². The average Bonchev–Trinajstić information content (AvgIpc) is 3.02. The van der Waals surface area contributed by atoms with Crippen molar-refractivity contribution in [3.63, 3.8) is 0 Å². The fourth-order valence-electron chi connectivity index (χ4n) is 4.47. The summed E-state index contributed by atoms with van der Waals surface area (Å²) in [6.45, 7) is 28.0. The number of fused-ring (bicyclic) bond motifs is 1. The van der Waals surface area contributed by atoms with E-state index in [1.807, 2.05) is 0 Å². The van der Waals surface area contributed by atoms with Gasteiger partial charge in [0.15, 0.2) is 0 Å². The maximum atomic E-state index is 2.50. The summed E-state index contributed by atoms with van der Waals surface area (Å²) in [5.41, 5.74) is 12.1. The molecule has 0 unspecified atom stereocenters. The van der Waals surface area contributed by atoms with Gasteiger partial charge in [0.25, 0.3) is 0 Å². The highest BCUT2D eigenvalue weighted by atomic mass is 14.3. The summed E-state index contributed by atoms with van der Waals surface area (Å²) in [6.07, 6.45) is 3.57. The zero-order valence-corrected chi connectivity index (χ0v) is 22.2. The Hall–Kier alpha value is -1.82. The van der Waals surface area contributed by atoms with Gasteiger partial charge in [-0.3, -0.25) is 0 Å². The Balaban J connectivity index is 2.40. The molecule has 0 radical (unpaired) electrons. The van der Waals surface area contributed by atoms with E-state index < -0.39 is 0 Å². The van der Waals surface area contributed by atoms with Crippen LogP contribution in [0.3, 0.4) is 0 Å². The maximum Gasteiger partial charge on any atom is -0.00523 e. The topological polar surface area (TPSA) is 0 Å². The molecule has 0 saturated heterocycles. The number of rotatable bonds is 1. The van der Waals surface area contributed by atoms with Crippen LogP contribution < -0.4 is 0 Å². The van der Waals surface area contributed by atoms with Crippen LogP contribution in [-0.2, 0) is 22.7 Å². The summed E-state index contributed by atoms with van der Waals surface area (Å²) >= 11 is 0. The second kappa shape index (κ2) is 7.36. The first-order valence-corrected chi connectivity index (χ1v) is 11.9. The van der Waals surface area contributed by atoms with Crippen LogP contribution >= 0.6 is 0 Å². The summed E-state index contributed by atoms with van der Waals surface area (Å²) < 4.78 is 0. The van der Waals surface area contributed by atoms with E-state index in [-0.39, 0.29) is 21.7 Å². The van der Waals surface area contributed by atoms with Crippen LogP contribution in [0.25, 0.3) is 17.2 Å². The van der Waals surface area contributed by atoms with E-state index in [0.717, 1.165) is 6.42 Å². The third kappa shape index (κ3) is 4.84. The van der Waals surface area contributed by atoms with Gasteiger partial charge in [0, 0.05) is 0 Å². The van der Waals surface area contributed by atoms with Gasteiger partial charge in [0.1, 0.15) is 0 Å². The fraction of sp³-hybridized carbons (Fsp3) is 0.548. The summed E-state index contributed by atoms with van der Waals surface area (Å²) in [5, 5.41) is 0. The summed E-state index contributed by atoms with van der Waals surface area (Å²) in [7, 11) is 0. The average molecular weight is 417 g/mol. The molecule has 1 aliphatic rings. The molecule has 0 fully saturated rings. The van der Waals surface area contributed by atoms with Gasteiger partial charge < -0.3 is 0 Å². The predicted molar refractivity (Wildman–Crippen MR) is 139 cm³/mol. The Morgan fingerprint density at radius 1 is 0.581 bits per heavy atom. The molecular weight excluding hydrogens is 372 g/mol. The van der Waals surface area contributed by atoms with E-state index in [4.69, 9.17) is 0 Å². The van der Waals surface area contributed by atoms with Gasteiger partial charge in [-0.2, -0.15) is 0 Å². The molecule has 2 aromatic carbocycles. The van der Waals surface area contributed by atoms with Crippen LogP contribution in [0.5, 0.6) is 0 Å². The van der Waals surface area contributed by atoms with Crippen molar-refractivity contribution in [2.45, 2.75) is 106 Å². The molecule has 0 atom stereocenters. The molecule has 0 amide bonds. The van der Waals surface area contributed by atoms with Gasteiger partial charge in [-0.25, -0.2) is 0 Å². The third-order valence-electron chi connectivity index (χ3n) is 6.76. The Labute approximate surface area is 192 Å². The van der Waals surface area contributed by atoms with Crippen LogP contribution in [0.1, 0.15) is 111 Å². The molecular formula is C31H44. The first-order chi connectivity index (χ1) is 13.9. The lowest BCUT2D eigenvalue weighted by Crippen LogP contribution is -2.18.